The van der Waals surface area contributed by atoms with Gasteiger partial charge in [0.2, 0.25) is 0 Å². The van der Waals surface area contributed by atoms with Crippen LogP contribution in [0.4, 0.5) is 0 Å². The van der Waals surface area contributed by atoms with Gasteiger partial charge in [0.25, 0.3) is 0 Å². The Morgan fingerprint density at radius 2 is 1.94 bits per heavy atom. The molecule has 1 atom stereocenters. The van der Waals surface area contributed by atoms with E-state index in [9.17, 15) is 5.11 Å². The number of furan rings is 1. The molecule has 0 saturated carbocycles. The molecule has 1 aromatic heterocycles. The second-order valence-corrected chi connectivity index (χ2v) is 4.72. The van der Waals surface area contributed by atoms with E-state index in [0.29, 0.717) is 17.1 Å². The summed E-state index contributed by atoms with van der Waals surface area (Å²) in [7, 11) is 1.62. The zero-order valence-corrected chi connectivity index (χ0v) is 10.7. The van der Waals surface area contributed by atoms with Crippen LogP contribution in [0.3, 0.4) is 0 Å². The third-order valence-corrected chi connectivity index (χ3v) is 2.89. The van der Waals surface area contributed by atoms with Gasteiger partial charge >= 0.3 is 0 Å². The average Bonchev–Trinajstić information content (AvgIpc) is 2.69. The molecule has 1 N–H and O–H groups in total. The average molecular weight is 234 g/mol. The van der Waals surface area contributed by atoms with Crippen LogP contribution in [0.5, 0.6) is 5.75 Å². The van der Waals surface area contributed by atoms with Crippen LogP contribution in [0.15, 0.2) is 22.6 Å². The summed E-state index contributed by atoms with van der Waals surface area (Å²) in [6, 6.07) is 5.84. The number of aliphatic hydroxyl groups is 1. The summed E-state index contributed by atoms with van der Waals surface area (Å²) < 4.78 is 11.0. The molecule has 3 heteroatoms. The van der Waals surface area contributed by atoms with Crippen molar-refractivity contribution in [2.24, 2.45) is 5.92 Å². The molecule has 0 spiro atoms. The molecule has 0 fully saturated rings. The summed E-state index contributed by atoms with van der Waals surface area (Å²) in [5.74, 6) is 1.43. The van der Waals surface area contributed by atoms with Crippen molar-refractivity contribution in [2.45, 2.75) is 26.9 Å². The topological polar surface area (TPSA) is 42.6 Å². The molecule has 1 unspecified atom stereocenters. The zero-order chi connectivity index (χ0) is 12.6. The lowest BCUT2D eigenvalue weighted by Gasteiger charge is -2.10. The Morgan fingerprint density at radius 1 is 1.24 bits per heavy atom. The van der Waals surface area contributed by atoms with Gasteiger partial charge in [-0.15, -0.1) is 0 Å². The van der Waals surface area contributed by atoms with Gasteiger partial charge in [0.15, 0.2) is 11.3 Å². The van der Waals surface area contributed by atoms with E-state index in [2.05, 4.69) is 0 Å². The quantitative estimate of drug-likeness (QED) is 0.884. The number of hydrogen-bond acceptors (Lipinski definition) is 3. The Kier molecular flexibility index (Phi) is 3.11. The number of aryl methyl sites for hydroxylation is 1. The molecule has 92 valence electrons. The maximum Gasteiger partial charge on any atom is 0.176 e. The molecule has 0 saturated heterocycles. The molecule has 0 amide bonds. The van der Waals surface area contributed by atoms with Crippen LogP contribution in [0, 0.1) is 12.8 Å². The number of hydrogen-bond donors (Lipinski definition) is 1. The molecular weight excluding hydrogens is 216 g/mol. The highest BCUT2D eigenvalue weighted by atomic mass is 16.5. The Bertz CT molecular complexity index is 525. The molecule has 3 nitrogen and oxygen atoms in total. The fraction of sp³-hybridized carbons (Fsp3) is 0.429. The van der Waals surface area contributed by atoms with Crippen LogP contribution in [-0.4, -0.2) is 12.2 Å². The van der Waals surface area contributed by atoms with Crippen molar-refractivity contribution < 1.29 is 14.3 Å². The Hall–Kier alpha value is -1.48. The van der Waals surface area contributed by atoms with Gasteiger partial charge in [-0.2, -0.15) is 0 Å². The van der Waals surface area contributed by atoms with Crippen LogP contribution in [0.25, 0.3) is 11.0 Å². The van der Waals surface area contributed by atoms with Gasteiger partial charge in [-0.05, 0) is 36.6 Å². The fourth-order valence-corrected chi connectivity index (χ4v) is 1.91. The third-order valence-electron chi connectivity index (χ3n) is 2.89. The van der Waals surface area contributed by atoms with Crippen LogP contribution >= 0.6 is 0 Å². The van der Waals surface area contributed by atoms with Crippen LogP contribution in [-0.2, 0) is 0 Å². The standard InChI is InChI=1S/C14H18O3/c1-8(2)13(15)11-7-10-5-9(3)6-12(16-4)14(10)17-11/h5-8,13,15H,1-4H3. The first-order chi connectivity index (χ1) is 8.02. The molecule has 0 radical (unpaired) electrons. The first-order valence-corrected chi connectivity index (χ1v) is 5.79. The first kappa shape index (κ1) is 12.0. The second kappa shape index (κ2) is 4.41. The minimum Gasteiger partial charge on any atom is -0.493 e. The number of fused-ring (bicyclic) bond motifs is 1. The minimum absolute atomic E-state index is 0.127. The maximum absolute atomic E-state index is 10.00. The first-order valence-electron chi connectivity index (χ1n) is 5.79. The number of aliphatic hydroxyl groups excluding tert-OH is 1. The highest BCUT2D eigenvalue weighted by Crippen LogP contribution is 2.34. The van der Waals surface area contributed by atoms with Crippen molar-refractivity contribution in [1.82, 2.24) is 0 Å². The van der Waals surface area contributed by atoms with E-state index in [1.54, 1.807) is 7.11 Å². The lowest BCUT2D eigenvalue weighted by Crippen LogP contribution is -2.03. The van der Waals surface area contributed by atoms with Crippen molar-refractivity contribution in [2.75, 3.05) is 7.11 Å². The highest BCUT2D eigenvalue weighted by molar-refractivity contribution is 5.84. The van der Waals surface area contributed by atoms with E-state index in [4.69, 9.17) is 9.15 Å². The summed E-state index contributed by atoms with van der Waals surface area (Å²) >= 11 is 0. The monoisotopic (exact) mass is 234 g/mol. The predicted octanol–water partition coefficient (Wildman–Crippen LogP) is 3.44. The molecular formula is C14H18O3. The van der Waals surface area contributed by atoms with E-state index in [-0.39, 0.29) is 5.92 Å². The highest BCUT2D eigenvalue weighted by Gasteiger charge is 2.18. The van der Waals surface area contributed by atoms with E-state index < -0.39 is 6.10 Å². The molecule has 0 aliphatic carbocycles. The number of benzene rings is 1. The van der Waals surface area contributed by atoms with Gasteiger partial charge in [0.05, 0.1) is 7.11 Å². The SMILES string of the molecule is COc1cc(C)cc2cc(C(O)C(C)C)oc12. The molecule has 0 aliphatic heterocycles. The van der Waals surface area contributed by atoms with E-state index in [1.807, 2.05) is 39.0 Å². The summed E-state index contributed by atoms with van der Waals surface area (Å²) in [5, 5.41) is 11.0. The minimum atomic E-state index is -0.576. The van der Waals surface area contributed by atoms with Gasteiger partial charge in [0, 0.05) is 5.39 Å². The Balaban J connectivity index is 2.57. The smallest absolute Gasteiger partial charge is 0.176 e. The number of ether oxygens (including phenoxy) is 1. The van der Waals surface area contributed by atoms with Crippen LogP contribution in [0.1, 0.15) is 31.3 Å². The lowest BCUT2D eigenvalue weighted by molar-refractivity contribution is 0.104. The molecule has 0 bridgehead atoms. The van der Waals surface area contributed by atoms with Crippen LogP contribution in [0.2, 0.25) is 0 Å². The van der Waals surface area contributed by atoms with E-state index in [0.717, 1.165) is 10.9 Å². The number of methoxy groups -OCH3 is 1. The third kappa shape index (κ3) is 2.15. The zero-order valence-electron chi connectivity index (χ0n) is 10.7. The Labute approximate surface area is 101 Å². The largest absolute Gasteiger partial charge is 0.493 e. The van der Waals surface area contributed by atoms with Gasteiger partial charge in [0.1, 0.15) is 11.9 Å². The molecule has 1 aromatic carbocycles. The molecule has 17 heavy (non-hydrogen) atoms. The number of rotatable bonds is 3. The van der Waals surface area contributed by atoms with Crippen LogP contribution < -0.4 is 4.74 Å². The molecule has 2 rings (SSSR count). The van der Waals surface area contributed by atoms with Crippen molar-refractivity contribution in [3.8, 4) is 5.75 Å². The normalized spacial score (nSPS) is 13.3. The van der Waals surface area contributed by atoms with Gasteiger partial charge in [-0.1, -0.05) is 13.8 Å². The summed E-state index contributed by atoms with van der Waals surface area (Å²) in [6.45, 7) is 5.92. The predicted molar refractivity (Wildman–Crippen MR) is 67.3 cm³/mol. The fourth-order valence-electron chi connectivity index (χ4n) is 1.91. The summed E-state index contributed by atoms with van der Waals surface area (Å²) in [6.07, 6.45) is -0.576. The van der Waals surface area contributed by atoms with Crippen molar-refractivity contribution >= 4 is 11.0 Å². The Morgan fingerprint density at radius 3 is 2.53 bits per heavy atom. The molecule has 0 aliphatic rings. The molecule has 2 aromatic rings. The van der Waals surface area contributed by atoms with Crippen molar-refractivity contribution in [3.63, 3.8) is 0 Å². The summed E-state index contributed by atoms with van der Waals surface area (Å²) in [4.78, 5) is 0. The van der Waals surface area contributed by atoms with Crippen molar-refractivity contribution in [3.05, 3.63) is 29.5 Å². The van der Waals surface area contributed by atoms with E-state index in [1.165, 1.54) is 0 Å². The van der Waals surface area contributed by atoms with Gasteiger partial charge in [-0.3, -0.25) is 0 Å². The summed E-state index contributed by atoms with van der Waals surface area (Å²) in [5.41, 5.74) is 1.81. The van der Waals surface area contributed by atoms with Gasteiger partial charge in [-0.25, -0.2) is 0 Å². The van der Waals surface area contributed by atoms with Crippen molar-refractivity contribution in [1.29, 1.82) is 0 Å². The second-order valence-electron chi connectivity index (χ2n) is 4.72. The van der Waals surface area contributed by atoms with Gasteiger partial charge < -0.3 is 14.3 Å². The van der Waals surface area contributed by atoms with E-state index >= 15 is 0 Å². The maximum atomic E-state index is 10.00. The molecule has 1 heterocycles. The lowest BCUT2D eigenvalue weighted by atomic mass is 10.0.